The van der Waals surface area contributed by atoms with Crippen molar-refractivity contribution in [2.45, 2.75) is 25.4 Å². The van der Waals surface area contributed by atoms with Crippen molar-refractivity contribution in [3.8, 4) is 11.5 Å². The predicted molar refractivity (Wildman–Crippen MR) is 70.4 cm³/mol. The smallest absolute Gasteiger partial charge is 0.257 e. The lowest BCUT2D eigenvalue weighted by Gasteiger charge is -2.35. The van der Waals surface area contributed by atoms with E-state index in [9.17, 15) is 15.0 Å². The van der Waals surface area contributed by atoms with Crippen molar-refractivity contribution in [1.82, 2.24) is 4.90 Å². The summed E-state index contributed by atoms with van der Waals surface area (Å²) in [4.78, 5) is 14.0. The Hall–Kier alpha value is -1.75. The highest BCUT2D eigenvalue weighted by Gasteiger charge is 2.30. The lowest BCUT2D eigenvalue weighted by molar-refractivity contribution is -0.00209. The second-order valence-electron chi connectivity index (χ2n) is 5.17. The maximum absolute atomic E-state index is 12.3. The fourth-order valence-electron chi connectivity index (χ4n) is 2.18. The molecule has 1 heterocycles. The highest BCUT2D eigenvalue weighted by molar-refractivity contribution is 5.97. The van der Waals surface area contributed by atoms with Crippen LogP contribution in [0.3, 0.4) is 0 Å². The van der Waals surface area contributed by atoms with Crippen molar-refractivity contribution in [2.75, 3.05) is 20.2 Å². The molecule has 0 radical (unpaired) electrons. The number of aromatic hydroxyl groups is 1. The number of carbonyl (C=O) groups is 1. The first kappa shape index (κ1) is 13.7. The summed E-state index contributed by atoms with van der Waals surface area (Å²) in [5.41, 5.74) is -0.464. The van der Waals surface area contributed by atoms with Crippen LogP contribution >= 0.6 is 0 Å². The molecule has 0 spiro atoms. The zero-order valence-electron chi connectivity index (χ0n) is 11.2. The number of nitrogens with zero attached hydrogens (tertiary/aromatic N) is 1. The molecule has 5 heteroatoms. The molecular weight excluding hydrogens is 246 g/mol. The first-order valence-electron chi connectivity index (χ1n) is 6.31. The molecule has 2 N–H and O–H groups in total. The van der Waals surface area contributed by atoms with E-state index in [-0.39, 0.29) is 17.2 Å². The number of benzene rings is 1. The van der Waals surface area contributed by atoms with Crippen LogP contribution in [0.4, 0.5) is 0 Å². The van der Waals surface area contributed by atoms with Gasteiger partial charge in [0.05, 0.1) is 18.3 Å². The number of phenolic OH excluding ortho intramolecular Hbond substituents is 1. The lowest BCUT2D eigenvalue weighted by atomic mass is 9.93. The Morgan fingerprint density at radius 3 is 2.58 bits per heavy atom. The van der Waals surface area contributed by atoms with Crippen molar-refractivity contribution in [1.29, 1.82) is 0 Å². The third-order valence-corrected chi connectivity index (χ3v) is 3.56. The van der Waals surface area contributed by atoms with Gasteiger partial charge >= 0.3 is 0 Å². The Morgan fingerprint density at radius 1 is 1.37 bits per heavy atom. The average Bonchev–Trinajstić information content (AvgIpc) is 2.38. The minimum Gasteiger partial charge on any atom is -0.507 e. The first-order valence-corrected chi connectivity index (χ1v) is 6.31. The van der Waals surface area contributed by atoms with Gasteiger partial charge < -0.3 is 19.8 Å². The summed E-state index contributed by atoms with van der Waals surface area (Å²) in [7, 11) is 1.51. The molecular formula is C14H19NO4. The molecule has 19 heavy (non-hydrogen) atoms. The molecule has 104 valence electrons. The fraction of sp³-hybridized carbons (Fsp3) is 0.500. The molecule has 2 rings (SSSR count). The molecule has 0 aromatic heterocycles. The third-order valence-electron chi connectivity index (χ3n) is 3.56. The van der Waals surface area contributed by atoms with Crippen LogP contribution in [0.15, 0.2) is 18.2 Å². The minimum absolute atomic E-state index is 0.0527. The number of ether oxygens (including phenoxy) is 1. The monoisotopic (exact) mass is 265 g/mol. The van der Waals surface area contributed by atoms with Gasteiger partial charge in [0.1, 0.15) is 11.5 Å². The number of phenols is 1. The standard InChI is InChI=1S/C14H19NO4/c1-14(18)5-7-15(8-6-14)13(17)11-9-10(19-2)3-4-12(11)16/h3-4,9,16,18H,5-8H2,1-2H3. The second kappa shape index (κ2) is 5.09. The first-order chi connectivity index (χ1) is 8.93. The van der Waals surface area contributed by atoms with Gasteiger partial charge in [0, 0.05) is 13.1 Å². The van der Waals surface area contributed by atoms with Crippen LogP contribution < -0.4 is 4.74 Å². The highest BCUT2D eigenvalue weighted by Crippen LogP contribution is 2.27. The SMILES string of the molecule is COc1ccc(O)c(C(=O)N2CCC(C)(O)CC2)c1. The minimum atomic E-state index is -0.701. The zero-order chi connectivity index (χ0) is 14.0. The second-order valence-corrected chi connectivity index (χ2v) is 5.17. The predicted octanol–water partition coefficient (Wildman–Crippen LogP) is 1.39. The number of methoxy groups -OCH3 is 1. The van der Waals surface area contributed by atoms with Gasteiger partial charge in [-0.05, 0) is 38.0 Å². The van der Waals surface area contributed by atoms with Crippen molar-refractivity contribution in [3.63, 3.8) is 0 Å². The molecule has 0 unspecified atom stereocenters. The molecule has 0 aliphatic carbocycles. The van der Waals surface area contributed by atoms with Crippen LogP contribution in [-0.2, 0) is 0 Å². The normalized spacial score (nSPS) is 18.2. The van der Waals surface area contributed by atoms with E-state index in [4.69, 9.17) is 4.74 Å². The Balaban J connectivity index is 2.16. The number of carbonyl (C=O) groups excluding carboxylic acids is 1. The molecule has 0 bridgehead atoms. The van der Waals surface area contributed by atoms with Crippen LogP contribution in [0.1, 0.15) is 30.1 Å². The average molecular weight is 265 g/mol. The van der Waals surface area contributed by atoms with E-state index in [1.165, 1.54) is 19.2 Å². The van der Waals surface area contributed by atoms with Crippen molar-refractivity contribution < 1.29 is 19.7 Å². The quantitative estimate of drug-likeness (QED) is 0.847. The van der Waals surface area contributed by atoms with E-state index in [0.29, 0.717) is 31.7 Å². The molecule has 1 aliphatic heterocycles. The number of amides is 1. The summed E-state index contributed by atoms with van der Waals surface area (Å²) >= 11 is 0. The number of hydrogen-bond acceptors (Lipinski definition) is 4. The number of hydrogen-bond donors (Lipinski definition) is 2. The molecule has 1 aliphatic rings. The Bertz CT molecular complexity index is 474. The molecule has 0 atom stereocenters. The summed E-state index contributed by atoms with van der Waals surface area (Å²) in [6, 6.07) is 4.59. The molecule has 1 aromatic rings. The van der Waals surface area contributed by atoms with Gasteiger partial charge in [0.15, 0.2) is 0 Å². The van der Waals surface area contributed by atoms with E-state index < -0.39 is 5.60 Å². The fourth-order valence-corrected chi connectivity index (χ4v) is 2.18. The molecule has 5 nitrogen and oxygen atoms in total. The van der Waals surface area contributed by atoms with Crippen LogP contribution in [0.25, 0.3) is 0 Å². The van der Waals surface area contributed by atoms with Gasteiger partial charge in [0.25, 0.3) is 5.91 Å². The van der Waals surface area contributed by atoms with E-state index in [1.807, 2.05) is 0 Å². The van der Waals surface area contributed by atoms with Crippen molar-refractivity contribution >= 4 is 5.91 Å². The molecule has 0 saturated carbocycles. The van der Waals surface area contributed by atoms with Crippen LogP contribution in [-0.4, -0.2) is 46.8 Å². The van der Waals surface area contributed by atoms with E-state index in [0.717, 1.165) is 0 Å². The molecule has 1 aromatic carbocycles. The van der Waals surface area contributed by atoms with E-state index >= 15 is 0 Å². The van der Waals surface area contributed by atoms with Gasteiger partial charge in [0.2, 0.25) is 0 Å². The molecule has 1 amide bonds. The van der Waals surface area contributed by atoms with Gasteiger partial charge in [-0.25, -0.2) is 0 Å². The third kappa shape index (κ3) is 2.98. The Morgan fingerprint density at radius 2 is 2.00 bits per heavy atom. The number of aliphatic hydroxyl groups is 1. The van der Waals surface area contributed by atoms with Crippen molar-refractivity contribution in [3.05, 3.63) is 23.8 Å². The topological polar surface area (TPSA) is 70.0 Å². The largest absolute Gasteiger partial charge is 0.507 e. The van der Waals surface area contributed by atoms with Crippen molar-refractivity contribution in [2.24, 2.45) is 0 Å². The van der Waals surface area contributed by atoms with Gasteiger partial charge in [-0.3, -0.25) is 4.79 Å². The van der Waals surface area contributed by atoms with Crippen LogP contribution in [0.2, 0.25) is 0 Å². The summed E-state index contributed by atoms with van der Waals surface area (Å²) in [6.45, 7) is 2.75. The zero-order valence-corrected chi connectivity index (χ0v) is 11.2. The maximum atomic E-state index is 12.3. The number of rotatable bonds is 2. The van der Waals surface area contributed by atoms with Crippen LogP contribution in [0, 0.1) is 0 Å². The van der Waals surface area contributed by atoms with Crippen LogP contribution in [0.5, 0.6) is 11.5 Å². The van der Waals surface area contributed by atoms with Gasteiger partial charge in [-0.15, -0.1) is 0 Å². The Kier molecular flexibility index (Phi) is 3.66. The van der Waals surface area contributed by atoms with E-state index in [2.05, 4.69) is 0 Å². The summed E-state index contributed by atoms with van der Waals surface area (Å²) in [5, 5.41) is 19.7. The summed E-state index contributed by atoms with van der Waals surface area (Å²) in [5.74, 6) is 0.250. The molecule has 1 fully saturated rings. The highest BCUT2D eigenvalue weighted by atomic mass is 16.5. The number of likely N-dealkylation sites (tertiary alicyclic amines) is 1. The number of piperidine rings is 1. The van der Waals surface area contributed by atoms with E-state index in [1.54, 1.807) is 17.9 Å². The lowest BCUT2D eigenvalue weighted by Crippen LogP contribution is -2.45. The summed E-state index contributed by atoms with van der Waals surface area (Å²) in [6.07, 6.45) is 1.09. The maximum Gasteiger partial charge on any atom is 0.257 e. The summed E-state index contributed by atoms with van der Waals surface area (Å²) < 4.78 is 5.06. The van der Waals surface area contributed by atoms with Gasteiger partial charge in [-0.1, -0.05) is 0 Å². The molecule has 1 saturated heterocycles. The Labute approximate surface area is 112 Å². The van der Waals surface area contributed by atoms with Gasteiger partial charge in [-0.2, -0.15) is 0 Å².